The molecule has 1 heterocycles. The Morgan fingerprint density at radius 3 is 2.83 bits per heavy atom. The lowest BCUT2D eigenvalue weighted by Crippen LogP contribution is -2.40. The van der Waals surface area contributed by atoms with Crippen LogP contribution in [0, 0.1) is 5.82 Å². The average Bonchev–Trinajstić information content (AvgIpc) is 2.60. The number of rotatable bonds is 2. The highest BCUT2D eigenvalue weighted by Gasteiger charge is 2.42. The summed E-state index contributed by atoms with van der Waals surface area (Å²) in [6, 6.07) is 4.22. The summed E-state index contributed by atoms with van der Waals surface area (Å²) in [5.41, 5.74) is -0.390. The summed E-state index contributed by atoms with van der Waals surface area (Å²) in [6.07, 6.45) is 0. The van der Waals surface area contributed by atoms with Gasteiger partial charge in [-0.15, -0.1) is 0 Å². The van der Waals surface area contributed by atoms with Crippen LogP contribution < -0.4 is 10.6 Å². The Morgan fingerprint density at radius 2 is 2.22 bits per heavy atom. The first-order valence-electron chi connectivity index (χ1n) is 5.57. The van der Waals surface area contributed by atoms with E-state index in [1.807, 2.05) is 6.92 Å². The summed E-state index contributed by atoms with van der Waals surface area (Å²) in [6.45, 7) is 4.12. The summed E-state index contributed by atoms with van der Waals surface area (Å²) in [7, 11) is 0. The van der Waals surface area contributed by atoms with Crippen LogP contribution in [0.3, 0.4) is 0 Å². The Morgan fingerprint density at radius 1 is 1.50 bits per heavy atom. The number of amides is 1. The van der Waals surface area contributed by atoms with E-state index in [2.05, 4.69) is 15.6 Å². The van der Waals surface area contributed by atoms with Gasteiger partial charge in [-0.3, -0.25) is 15.1 Å². The maximum absolute atomic E-state index is 13.1. The Labute approximate surface area is 109 Å². The molecule has 1 fully saturated rings. The molecule has 2 N–H and O–H groups in total. The smallest absolute Gasteiger partial charge is 0.256 e. The zero-order chi connectivity index (χ0) is 13.3. The summed E-state index contributed by atoms with van der Waals surface area (Å²) in [5.74, 6) is -0.326. The first-order valence-corrected chi connectivity index (χ1v) is 5.95. The van der Waals surface area contributed by atoms with Crippen LogP contribution in [0.5, 0.6) is 0 Å². The number of guanidine groups is 1. The number of halogens is 2. The molecule has 0 radical (unpaired) electrons. The molecule has 4 nitrogen and oxygen atoms in total. The lowest BCUT2D eigenvalue weighted by atomic mass is 9.92. The molecule has 96 valence electrons. The van der Waals surface area contributed by atoms with Gasteiger partial charge in [0.05, 0.1) is 5.02 Å². The van der Waals surface area contributed by atoms with Crippen LogP contribution in [-0.2, 0) is 10.3 Å². The number of hydrogen-bond donors (Lipinski definition) is 2. The molecule has 1 unspecified atom stereocenters. The zero-order valence-corrected chi connectivity index (χ0v) is 10.8. The Bertz CT molecular complexity index is 532. The van der Waals surface area contributed by atoms with Gasteiger partial charge in [0, 0.05) is 6.54 Å². The third-order valence-corrected chi connectivity index (χ3v) is 3.16. The van der Waals surface area contributed by atoms with Gasteiger partial charge in [0.1, 0.15) is 11.4 Å². The third kappa shape index (κ3) is 2.06. The van der Waals surface area contributed by atoms with Gasteiger partial charge in [-0.05, 0) is 31.5 Å². The molecule has 1 atom stereocenters. The lowest BCUT2D eigenvalue weighted by molar-refractivity contribution is -0.123. The molecule has 2 rings (SSSR count). The van der Waals surface area contributed by atoms with Gasteiger partial charge in [0.25, 0.3) is 5.91 Å². The molecule has 0 bridgehead atoms. The van der Waals surface area contributed by atoms with Crippen molar-refractivity contribution < 1.29 is 9.18 Å². The Balaban J connectivity index is 2.39. The Hall–Kier alpha value is -1.62. The second-order valence-corrected chi connectivity index (χ2v) is 4.56. The van der Waals surface area contributed by atoms with Gasteiger partial charge < -0.3 is 5.32 Å². The molecule has 1 amide bonds. The van der Waals surface area contributed by atoms with Crippen LogP contribution in [0.2, 0.25) is 5.02 Å². The van der Waals surface area contributed by atoms with E-state index in [4.69, 9.17) is 11.6 Å². The molecule has 1 aromatic carbocycles. The first-order chi connectivity index (χ1) is 8.47. The standard InChI is InChI=1S/C12H13ClFN3O/c1-3-15-11-16-10(18)12(2,17-11)7-4-5-9(14)8(13)6-7/h4-6H,3H2,1-2H3,(H2,15,16,17,18). The summed E-state index contributed by atoms with van der Waals surface area (Å²) < 4.78 is 13.1. The number of benzene rings is 1. The number of hydrogen-bond acceptors (Lipinski definition) is 2. The zero-order valence-electron chi connectivity index (χ0n) is 10.1. The van der Waals surface area contributed by atoms with Crippen LogP contribution >= 0.6 is 11.6 Å². The van der Waals surface area contributed by atoms with Gasteiger partial charge in [-0.25, -0.2) is 4.39 Å². The maximum Gasteiger partial charge on any atom is 0.256 e. The number of nitrogens with one attached hydrogen (secondary N) is 2. The fraction of sp³-hybridized carbons (Fsp3) is 0.333. The van der Waals surface area contributed by atoms with Crippen molar-refractivity contribution in [2.24, 2.45) is 4.99 Å². The second kappa shape index (κ2) is 4.57. The van der Waals surface area contributed by atoms with Crippen molar-refractivity contribution in [1.29, 1.82) is 0 Å². The molecule has 1 saturated heterocycles. The lowest BCUT2D eigenvalue weighted by Gasteiger charge is -2.21. The fourth-order valence-corrected chi connectivity index (χ4v) is 1.99. The third-order valence-electron chi connectivity index (χ3n) is 2.87. The minimum Gasteiger partial charge on any atom is -0.338 e. The van der Waals surface area contributed by atoms with E-state index in [0.29, 0.717) is 18.1 Å². The minimum absolute atomic E-state index is 0.01000. The maximum atomic E-state index is 13.1. The highest BCUT2D eigenvalue weighted by atomic mass is 35.5. The van der Waals surface area contributed by atoms with Crippen molar-refractivity contribution in [3.8, 4) is 0 Å². The molecule has 0 aromatic heterocycles. The quantitative estimate of drug-likeness (QED) is 0.860. The van der Waals surface area contributed by atoms with Crippen LogP contribution in [-0.4, -0.2) is 18.4 Å². The first kappa shape index (κ1) is 12.8. The molecule has 0 spiro atoms. The molecule has 0 saturated carbocycles. The molecular formula is C12H13ClFN3O. The highest BCUT2D eigenvalue weighted by molar-refractivity contribution is 6.30. The molecule has 1 aromatic rings. The molecule has 6 heteroatoms. The minimum atomic E-state index is -0.981. The average molecular weight is 270 g/mol. The predicted octanol–water partition coefficient (Wildman–Crippen LogP) is 1.79. The number of nitrogens with zero attached hydrogens (tertiary/aromatic N) is 1. The number of aliphatic imine (C=N–C) groups is 1. The highest BCUT2D eigenvalue weighted by Crippen LogP contribution is 2.27. The summed E-state index contributed by atoms with van der Waals surface area (Å²) >= 11 is 5.73. The van der Waals surface area contributed by atoms with Gasteiger partial charge in [-0.2, -0.15) is 0 Å². The summed E-state index contributed by atoms with van der Waals surface area (Å²) in [5, 5.41) is 5.62. The van der Waals surface area contributed by atoms with Crippen molar-refractivity contribution >= 4 is 23.5 Å². The molecule has 1 aliphatic heterocycles. The van der Waals surface area contributed by atoms with E-state index in [1.54, 1.807) is 6.92 Å². The topological polar surface area (TPSA) is 53.5 Å². The molecule has 18 heavy (non-hydrogen) atoms. The van der Waals surface area contributed by atoms with Crippen molar-refractivity contribution in [1.82, 2.24) is 10.6 Å². The van der Waals surface area contributed by atoms with Gasteiger partial charge in [0.2, 0.25) is 0 Å². The van der Waals surface area contributed by atoms with E-state index in [-0.39, 0.29) is 10.9 Å². The van der Waals surface area contributed by atoms with Crippen LogP contribution in [0.1, 0.15) is 19.4 Å². The summed E-state index contributed by atoms with van der Waals surface area (Å²) in [4.78, 5) is 16.1. The molecular weight excluding hydrogens is 257 g/mol. The SMILES string of the molecule is CCN=C1NC(=O)C(C)(c2ccc(F)c(Cl)c2)N1. The van der Waals surface area contributed by atoms with Crippen molar-refractivity contribution in [3.63, 3.8) is 0 Å². The van der Waals surface area contributed by atoms with Gasteiger partial charge in [0.15, 0.2) is 5.96 Å². The predicted molar refractivity (Wildman–Crippen MR) is 68.0 cm³/mol. The van der Waals surface area contributed by atoms with Gasteiger partial charge in [-0.1, -0.05) is 17.7 Å². The van der Waals surface area contributed by atoms with Crippen molar-refractivity contribution in [3.05, 3.63) is 34.6 Å². The second-order valence-electron chi connectivity index (χ2n) is 4.16. The van der Waals surface area contributed by atoms with E-state index in [0.717, 1.165) is 0 Å². The molecule has 1 aliphatic rings. The normalized spacial score (nSPS) is 25.1. The number of carbonyl (C=O) groups is 1. The van der Waals surface area contributed by atoms with E-state index in [9.17, 15) is 9.18 Å². The van der Waals surface area contributed by atoms with E-state index < -0.39 is 11.4 Å². The van der Waals surface area contributed by atoms with Crippen LogP contribution in [0.4, 0.5) is 4.39 Å². The fourth-order valence-electron chi connectivity index (χ4n) is 1.80. The van der Waals surface area contributed by atoms with Crippen molar-refractivity contribution in [2.45, 2.75) is 19.4 Å². The van der Waals surface area contributed by atoms with Crippen LogP contribution in [0.25, 0.3) is 0 Å². The van der Waals surface area contributed by atoms with E-state index in [1.165, 1.54) is 18.2 Å². The monoisotopic (exact) mass is 269 g/mol. The largest absolute Gasteiger partial charge is 0.338 e. The number of carbonyl (C=O) groups excluding carboxylic acids is 1. The van der Waals surface area contributed by atoms with Gasteiger partial charge >= 0.3 is 0 Å². The Kier molecular flexibility index (Phi) is 3.26. The van der Waals surface area contributed by atoms with E-state index >= 15 is 0 Å². The van der Waals surface area contributed by atoms with Crippen molar-refractivity contribution in [2.75, 3.05) is 6.54 Å². The van der Waals surface area contributed by atoms with Crippen LogP contribution in [0.15, 0.2) is 23.2 Å². The molecule has 0 aliphatic carbocycles.